The van der Waals surface area contributed by atoms with Crippen molar-refractivity contribution in [3.05, 3.63) is 178 Å². The molecule has 7 rings (SSSR count). The van der Waals surface area contributed by atoms with E-state index in [0.717, 1.165) is 120 Å². The van der Waals surface area contributed by atoms with Gasteiger partial charge in [-0.2, -0.15) is 0 Å². The molecule has 0 saturated carbocycles. The van der Waals surface area contributed by atoms with Gasteiger partial charge in [-0.25, -0.2) is 0 Å². The van der Waals surface area contributed by atoms with Crippen LogP contribution in [-0.2, 0) is 0 Å². The molecule has 0 aliphatic carbocycles. The van der Waals surface area contributed by atoms with Gasteiger partial charge in [0.1, 0.15) is 23.0 Å². The van der Waals surface area contributed by atoms with E-state index in [1.165, 1.54) is 38.5 Å². The second kappa shape index (κ2) is 32.4. The average molecular weight is 1020 g/mol. The minimum atomic E-state index is 0.414. The number of nitrogens with zero attached hydrogens (tertiary/aromatic N) is 2. The fraction of sp³-hybridized carbons (Fsp3) is 0.343. The molecule has 394 valence electrons. The first-order valence-electron chi connectivity index (χ1n) is 28.1. The topological polar surface area (TPSA) is 75.8 Å². The summed E-state index contributed by atoms with van der Waals surface area (Å²) in [7, 11) is 0. The van der Waals surface area contributed by atoms with Crippen molar-refractivity contribution in [1.82, 2.24) is 10.2 Å². The molecule has 0 bridgehead atoms. The molecule has 6 aromatic carbocycles. The van der Waals surface area contributed by atoms with Gasteiger partial charge in [0.05, 0.1) is 48.7 Å². The lowest BCUT2D eigenvalue weighted by molar-refractivity contribution is 0.295. The zero-order chi connectivity index (χ0) is 53.5. The lowest BCUT2D eigenvalue weighted by Crippen LogP contribution is -2.03. The van der Waals surface area contributed by atoms with Crippen molar-refractivity contribution in [2.24, 2.45) is 0 Å². The van der Waals surface area contributed by atoms with E-state index in [-0.39, 0.29) is 0 Å². The number of hydrogen-bond acceptors (Lipinski definition) is 7. The zero-order valence-corrected chi connectivity index (χ0v) is 45.8. The summed E-state index contributed by atoms with van der Waals surface area (Å²) in [5, 5.41) is 8.82. The minimum Gasteiger partial charge on any atom is -0.492 e. The Morgan fingerprint density at radius 3 is 0.857 bits per heavy atom. The summed E-state index contributed by atoms with van der Waals surface area (Å²) in [6.45, 7) is 11.3. The van der Waals surface area contributed by atoms with Gasteiger partial charge in [-0.3, -0.25) is 0 Å². The first kappa shape index (κ1) is 56.6. The second-order valence-electron chi connectivity index (χ2n) is 19.1. The molecule has 7 aromatic rings. The van der Waals surface area contributed by atoms with Gasteiger partial charge in [0.2, 0.25) is 11.8 Å². The Balaban J connectivity index is 1.08. The molecule has 77 heavy (non-hydrogen) atoms. The molecule has 0 spiro atoms. The van der Waals surface area contributed by atoms with Gasteiger partial charge in [-0.05, 0) is 98.5 Å². The Hall–Kier alpha value is -8.10. The quantitative estimate of drug-likeness (QED) is 0.0395. The highest BCUT2D eigenvalue weighted by Gasteiger charge is 2.15. The van der Waals surface area contributed by atoms with E-state index in [2.05, 4.69) is 85.3 Å². The van der Waals surface area contributed by atoms with Crippen LogP contribution < -0.4 is 18.9 Å². The van der Waals surface area contributed by atoms with E-state index in [1.807, 2.05) is 133 Å². The Labute approximate surface area is 459 Å². The maximum absolute atomic E-state index is 6.43. The summed E-state index contributed by atoms with van der Waals surface area (Å²) in [5.41, 5.74) is 8.22. The van der Waals surface area contributed by atoms with Crippen molar-refractivity contribution >= 4 is 0 Å². The molecule has 7 heteroatoms. The molecule has 0 unspecified atom stereocenters. The molecule has 1 heterocycles. The smallest absolute Gasteiger partial charge is 0.248 e. The molecule has 0 radical (unpaired) electrons. The first-order valence-corrected chi connectivity index (χ1v) is 28.1. The van der Waals surface area contributed by atoms with Crippen LogP contribution in [0.25, 0.3) is 22.9 Å². The SMILES string of the molecule is CCCCCCOc1cc(C#Cc2ccc(-c3nnc(-c4ccc(C#Cc5cc(OCCCCCC)c(C#Cc6ccccc6)cc5OCCCCCC)cc4)o3)cc2)c(OCCCCCC)cc1C#Cc1ccccc1. The normalized spacial score (nSPS) is 10.4. The fourth-order valence-corrected chi connectivity index (χ4v) is 8.28. The third-order valence-corrected chi connectivity index (χ3v) is 12.8. The van der Waals surface area contributed by atoms with Crippen molar-refractivity contribution in [2.45, 2.75) is 130 Å². The molecule has 0 atom stereocenters. The highest BCUT2D eigenvalue weighted by molar-refractivity contribution is 5.64. The molecule has 0 aliphatic rings. The largest absolute Gasteiger partial charge is 0.492 e. The van der Waals surface area contributed by atoms with Crippen LogP contribution in [0.3, 0.4) is 0 Å². The van der Waals surface area contributed by atoms with E-state index >= 15 is 0 Å². The number of hydrogen-bond donors (Lipinski definition) is 0. The van der Waals surface area contributed by atoms with Crippen LogP contribution in [0.1, 0.15) is 175 Å². The second-order valence-corrected chi connectivity index (χ2v) is 19.1. The average Bonchev–Trinajstić information content (AvgIpc) is 3.98. The molecular weight excluding hydrogens is 949 g/mol. The summed E-state index contributed by atoms with van der Waals surface area (Å²) in [6.07, 6.45) is 17.7. The van der Waals surface area contributed by atoms with E-state index in [9.17, 15) is 0 Å². The number of rotatable bonds is 26. The predicted octanol–water partition coefficient (Wildman–Crippen LogP) is 16.8. The van der Waals surface area contributed by atoms with E-state index in [1.54, 1.807) is 0 Å². The van der Waals surface area contributed by atoms with Crippen LogP contribution in [0.5, 0.6) is 23.0 Å². The summed E-state index contributed by atoms with van der Waals surface area (Å²) in [4.78, 5) is 0. The monoisotopic (exact) mass is 1020 g/mol. The van der Waals surface area contributed by atoms with Gasteiger partial charge in [0, 0.05) is 57.6 Å². The fourth-order valence-electron chi connectivity index (χ4n) is 8.28. The van der Waals surface area contributed by atoms with E-state index in [4.69, 9.17) is 23.4 Å². The Morgan fingerprint density at radius 2 is 0.584 bits per heavy atom. The highest BCUT2D eigenvalue weighted by atomic mass is 16.5. The Bertz CT molecular complexity index is 2940. The maximum atomic E-state index is 6.43. The molecular formula is C70H74N2O5. The standard InChI is InChI=1S/C70H74N2O5/c1-5-9-13-23-47-73-65-53-63(67(75-49-25-15-11-7-3)51-61(65)43-35-55-27-19-17-20-28-55)45-37-57-31-39-59(40-32-57)69-71-72-70(77-69)60-41-33-58(34-42-60)38-46-64-54-66(74-48-24-14-10-6-2)62(44-36-56-29-21-18-22-30-56)52-68(64)76-50-26-16-12-8-4/h17-22,27-34,39-42,51-54H,5-16,23-26,47-50H2,1-4H3. The van der Waals surface area contributed by atoms with Crippen LogP contribution in [0.2, 0.25) is 0 Å². The molecule has 0 amide bonds. The maximum Gasteiger partial charge on any atom is 0.248 e. The summed E-state index contributed by atoms with van der Waals surface area (Å²) >= 11 is 0. The van der Waals surface area contributed by atoms with Crippen molar-refractivity contribution in [1.29, 1.82) is 0 Å². The van der Waals surface area contributed by atoms with Crippen LogP contribution in [0, 0.1) is 47.4 Å². The van der Waals surface area contributed by atoms with Crippen molar-refractivity contribution in [2.75, 3.05) is 26.4 Å². The van der Waals surface area contributed by atoms with Gasteiger partial charge < -0.3 is 23.4 Å². The number of aromatic nitrogens is 2. The molecule has 0 fully saturated rings. The van der Waals surface area contributed by atoms with E-state index in [0.29, 0.717) is 61.2 Å². The molecule has 1 aromatic heterocycles. The summed E-state index contributed by atoms with van der Waals surface area (Å²) < 4.78 is 31.9. The Kier molecular flexibility index (Phi) is 23.8. The minimum absolute atomic E-state index is 0.414. The number of ether oxygens (including phenoxy) is 4. The number of benzene rings is 6. The third-order valence-electron chi connectivity index (χ3n) is 12.8. The molecule has 0 N–H and O–H groups in total. The van der Waals surface area contributed by atoms with Crippen LogP contribution in [-0.4, -0.2) is 36.6 Å². The third kappa shape index (κ3) is 18.9. The zero-order valence-electron chi connectivity index (χ0n) is 45.8. The highest BCUT2D eigenvalue weighted by Crippen LogP contribution is 2.32. The van der Waals surface area contributed by atoms with Gasteiger partial charge in [0.25, 0.3) is 0 Å². The van der Waals surface area contributed by atoms with E-state index < -0.39 is 0 Å². The number of unbranched alkanes of at least 4 members (excludes halogenated alkanes) is 12. The van der Waals surface area contributed by atoms with Crippen molar-refractivity contribution in [3.63, 3.8) is 0 Å². The van der Waals surface area contributed by atoms with Gasteiger partial charge >= 0.3 is 0 Å². The lowest BCUT2D eigenvalue weighted by Gasteiger charge is -2.14. The molecule has 0 saturated heterocycles. The van der Waals surface area contributed by atoms with Gasteiger partial charge in [-0.15, -0.1) is 10.2 Å². The Morgan fingerprint density at radius 1 is 0.312 bits per heavy atom. The molecule has 0 aliphatic heterocycles. The summed E-state index contributed by atoms with van der Waals surface area (Å²) in [6, 6.07) is 43.6. The first-order chi connectivity index (χ1) is 38.0. The van der Waals surface area contributed by atoms with Gasteiger partial charge in [0.15, 0.2) is 0 Å². The van der Waals surface area contributed by atoms with Gasteiger partial charge in [-0.1, -0.05) is 189 Å². The van der Waals surface area contributed by atoms with Crippen LogP contribution >= 0.6 is 0 Å². The summed E-state index contributed by atoms with van der Waals surface area (Å²) in [5.74, 6) is 30.6. The van der Waals surface area contributed by atoms with Crippen LogP contribution in [0.15, 0.2) is 138 Å². The van der Waals surface area contributed by atoms with Crippen molar-refractivity contribution < 1.29 is 23.4 Å². The van der Waals surface area contributed by atoms with Crippen LogP contribution in [0.4, 0.5) is 0 Å². The van der Waals surface area contributed by atoms with Crippen molar-refractivity contribution in [3.8, 4) is 93.3 Å². The predicted molar refractivity (Wildman–Crippen MR) is 313 cm³/mol. The lowest BCUT2D eigenvalue weighted by atomic mass is 10.1. The molecule has 7 nitrogen and oxygen atoms in total.